The minimum atomic E-state index is -5.17. The lowest BCUT2D eigenvalue weighted by molar-refractivity contribution is -0.170. The number of benzene rings is 2. The quantitative estimate of drug-likeness (QED) is 0.603. The number of carbonyl (C=O) groups is 2. The van der Waals surface area contributed by atoms with Gasteiger partial charge in [-0.25, -0.2) is 4.39 Å². The zero-order valence-corrected chi connectivity index (χ0v) is 16.9. The SMILES string of the molecule is CC1(C)CC(=O)C2=C(C1)Nc1ccccc1N(C(=O)C(F)(F)F)C2c1ccc(F)cc1. The molecule has 0 bridgehead atoms. The zero-order valence-electron chi connectivity index (χ0n) is 16.9. The molecular weight excluding hydrogens is 412 g/mol. The molecular formula is C23H20F4N2O2. The number of nitrogens with zero attached hydrogens (tertiary/aromatic N) is 1. The van der Waals surface area contributed by atoms with E-state index < -0.39 is 29.4 Å². The Kier molecular flexibility index (Phi) is 4.91. The smallest absolute Gasteiger partial charge is 0.357 e. The van der Waals surface area contributed by atoms with Crippen LogP contribution in [0.1, 0.15) is 38.3 Å². The molecule has 0 saturated heterocycles. The van der Waals surface area contributed by atoms with Crippen molar-refractivity contribution in [2.45, 2.75) is 38.9 Å². The number of fused-ring (bicyclic) bond motifs is 1. The molecule has 0 aromatic heterocycles. The number of hydrogen-bond acceptors (Lipinski definition) is 3. The molecule has 1 amide bonds. The molecule has 8 heteroatoms. The number of halogens is 4. The van der Waals surface area contributed by atoms with Crippen LogP contribution >= 0.6 is 0 Å². The fourth-order valence-electron chi connectivity index (χ4n) is 4.31. The van der Waals surface area contributed by atoms with Gasteiger partial charge in [0.15, 0.2) is 5.78 Å². The van der Waals surface area contributed by atoms with E-state index in [4.69, 9.17) is 0 Å². The third-order valence-corrected chi connectivity index (χ3v) is 5.55. The van der Waals surface area contributed by atoms with E-state index in [2.05, 4.69) is 5.32 Å². The molecule has 1 N–H and O–H groups in total. The highest BCUT2D eigenvalue weighted by Crippen LogP contribution is 2.49. The molecule has 2 aliphatic rings. The van der Waals surface area contributed by atoms with Crippen molar-refractivity contribution in [2.75, 3.05) is 10.2 Å². The number of para-hydroxylation sites is 2. The van der Waals surface area contributed by atoms with Crippen LogP contribution < -0.4 is 10.2 Å². The molecule has 2 aromatic rings. The van der Waals surface area contributed by atoms with E-state index in [1.165, 1.54) is 24.3 Å². The second kappa shape index (κ2) is 7.21. The number of hydrogen-bond donors (Lipinski definition) is 1. The van der Waals surface area contributed by atoms with Gasteiger partial charge >= 0.3 is 12.1 Å². The first kappa shape index (κ1) is 21.1. The molecule has 4 rings (SSSR count). The van der Waals surface area contributed by atoms with Gasteiger partial charge in [-0.05, 0) is 41.7 Å². The topological polar surface area (TPSA) is 49.4 Å². The number of anilines is 2. The van der Waals surface area contributed by atoms with E-state index in [9.17, 15) is 27.2 Å². The first-order valence-electron chi connectivity index (χ1n) is 9.76. The van der Waals surface area contributed by atoms with Gasteiger partial charge in [0.25, 0.3) is 0 Å². The molecule has 1 atom stereocenters. The van der Waals surface area contributed by atoms with Crippen molar-refractivity contribution in [2.24, 2.45) is 5.41 Å². The fraction of sp³-hybridized carbons (Fsp3) is 0.304. The fourth-order valence-corrected chi connectivity index (χ4v) is 4.31. The number of nitrogens with one attached hydrogen (secondary N) is 1. The molecule has 2 aromatic carbocycles. The van der Waals surface area contributed by atoms with Crippen molar-refractivity contribution in [1.29, 1.82) is 0 Å². The van der Waals surface area contributed by atoms with Gasteiger partial charge in [0.2, 0.25) is 0 Å². The lowest BCUT2D eigenvalue weighted by atomic mass is 9.73. The summed E-state index contributed by atoms with van der Waals surface area (Å²) in [4.78, 5) is 26.5. The molecule has 162 valence electrons. The predicted molar refractivity (Wildman–Crippen MR) is 108 cm³/mol. The Morgan fingerprint density at radius 3 is 2.35 bits per heavy atom. The normalized spacial score (nSPS) is 20.5. The molecule has 0 spiro atoms. The third-order valence-electron chi connectivity index (χ3n) is 5.55. The summed E-state index contributed by atoms with van der Waals surface area (Å²) >= 11 is 0. The van der Waals surface area contributed by atoms with Gasteiger partial charge in [-0.15, -0.1) is 0 Å². The highest BCUT2D eigenvalue weighted by molar-refractivity contribution is 6.07. The van der Waals surface area contributed by atoms with Gasteiger partial charge in [-0.3, -0.25) is 14.5 Å². The molecule has 1 unspecified atom stereocenters. The van der Waals surface area contributed by atoms with Crippen LogP contribution in [0.2, 0.25) is 0 Å². The number of rotatable bonds is 1. The van der Waals surface area contributed by atoms with E-state index in [1.807, 2.05) is 13.8 Å². The van der Waals surface area contributed by atoms with Crippen molar-refractivity contribution < 1.29 is 27.2 Å². The van der Waals surface area contributed by atoms with Crippen molar-refractivity contribution in [3.63, 3.8) is 0 Å². The van der Waals surface area contributed by atoms with E-state index in [0.717, 1.165) is 12.1 Å². The van der Waals surface area contributed by atoms with E-state index >= 15 is 0 Å². The molecule has 4 nitrogen and oxygen atoms in total. The number of alkyl halides is 3. The maximum absolute atomic E-state index is 13.7. The summed E-state index contributed by atoms with van der Waals surface area (Å²) in [5.41, 5.74) is 0.675. The van der Waals surface area contributed by atoms with Crippen LogP contribution in [0.4, 0.5) is 28.9 Å². The van der Waals surface area contributed by atoms with E-state index in [0.29, 0.717) is 22.7 Å². The van der Waals surface area contributed by atoms with Crippen LogP contribution in [0.15, 0.2) is 59.8 Å². The minimum absolute atomic E-state index is 0.000781. The van der Waals surface area contributed by atoms with E-state index in [1.54, 1.807) is 12.1 Å². The van der Waals surface area contributed by atoms with Crippen molar-refractivity contribution in [1.82, 2.24) is 0 Å². The summed E-state index contributed by atoms with van der Waals surface area (Å²) in [5, 5.41) is 3.12. The Labute approximate surface area is 176 Å². The monoisotopic (exact) mass is 432 g/mol. The number of Topliss-reactive ketones (excluding diaryl/α,β-unsaturated/α-hetero) is 1. The second-order valence-electron chi connectivity index (χ2n) is 8.60. The van der Waals surface area contributed by atoms with Gasteiger partial charge < -0.3 is 5.32 Å². The van der Waals surface area contributed by atoms with Gasteiger partial charge in [0, 0.05) is 17.7 Å². The Morgan fingerprint density at radius 2 is 1.71 bits per heavy atom. The average Bonchev–Trinajstić information content (AvgIpc) is 2.80. The maximum Gasteiger partial charge on any atom is 0.471 e. The Balaban J connectivity index is 2.03. The van der Waals surface area contributed by atoms with Gasteiger partial charge in [0.1, 0.15) is 5.82 Å². The molecule has 1 aliphatic carbocycles. The first-order valence-corrected chi connectivity index (χ1v) is 9.76. The third kappa shape index (κ3) is 3.82. The standard InChI is InChI=1S/C23H20F4N2O2/c1-22(2)11-16-19(18(30)12-22)20(13-7-9-14(24)10-8-13)29(21(31)23(25,26)27)17-6-4-3-5-15(17)28-16/h3-10,20,28H,11-12H2,1-2H3. The van der Waals surface area contributed by atoms with Crippen molar-refractivity contribution >= 4 is 23.1 Å². The number of carbonyl (C=O) groups excluding carboxylic acids is 2. The Morgan fingerprint density at radius 1 is 1.06 bits per heavy atom. The highest BCUT2D eigenvalue weighted by Gasteiger charge is 2.50. The van der Waals surface area contributed by atoms with Crippen molar-refractivity contribution in [3.8, 4) is 0 Å². The molecule has 0 radical (unpaired) electrons. The van der Waals surface area contributed by atoms with Gasteiger partial charge in [-0.2, -0.15) is 13.2 Å². The van der Waals surface area contributed by atoms with E-state index in [-0.39, 0.29) is 29.0 Å². The summed E-state index contributed by atoms with van der Waals surface area (Å²) < 4.78 is 54.6. The van der Waals surface area contributed by atoms with Gasteiger partial charge in [0.05, 0.1) is 17.4 Å². The van der Waals surface area contributed by atoms with Gasteiger partial charge in [-0.1, -0.05) is 38.1 Å². The van der Waals surface area contributed by atoms with Crippen LogP contribution in [0.5, 0.6) is 0 Å². The second-order valence-corrected chi connectivity index (χ2v) is 8.60. The van der Waals surface area contributed by atoms with Crippen LogP contribution in [0.25, 0.3) is 0 Å². The summed E-state index contributed by atoms with van der Waals surface area (Å²) in [6.45, 7) is 3.80. The largest absolute Gasteiger partial charge is 0.471 e. The van der Waals surface area contributed by atoms with Crippen LogP contribution in [0.3, 0.4) is 0 Å². The lowest BCUT2D eigenvalue weighted by Gasteiger charge is -2.37. The molecule has 0 saturated carbocycles. The number of ketones is 1. The number of amides is 1. The summed E-state index contributed by atoms with van der Waals surface area (Å²) in [7, 11) is 0. The van der Waals surface area contributed by atoms with Crippen LogP contribution in [0, 0.1) is 11.2 Å². The zero-order chi connectivity index (χ0) is 22.6. The Hall–Kier alpha value is -3.16. The minimum Gasteiger partial charge on any atom is -0.357 e. The first-order chi connectivity index (χ1) is 14.5. The molecule has 0 fully saturated rings. The summed E-state index contributed by atoms with van der Waals surface area (Å²) in [5.74, 6) is -3.02. The van der Waals surface area contributed by atoms with Crippen LogP contribution in [-0.4, -0.2) is 17.9 Å². The maximum atomic E-state index is 13.7. The molecule has 1 heterocycles. The molecule has 31 heavy (non-hydrogen) atoms. The predicted octanol–water partition coefficient (Wildman–Crippen LogP) is 5.53. The lowest BCUT2D eigenvalue weighted by Crippen LogP contribution is -2.45. The number of allylic oxidation sites excluding steroid dienone is 1. The molecule has 1 aliphatic heterocycles. The summed E-state index contributed by atoms with van der Waals surface area (Å²) in [6.07, 6.45) is -4.64. The highest BCUT2D eigenvalue weighted by atomic mass is 19.4. The Bertz CT molecular complexity index is 1090. The average molecular weight is 432 g/mol. The summed E-state index contributed by atoms with van der Waals surface area (Å²) in [6, 6.07) is 9.60. The van der Waals surface area contributed by atoms with Crippen molar-refractivity contribution in [3.05, 3.63) is 71.2 Å². The van der Waals surface area contributed by atoms with Crippen LogP contribution in [-0.2, 0) is 9.59 Å².